The monoisotopic (exact) mass is 270 g/mol. The van der Waals surface area contributed by atoms with Crippen molar-refractivity contribution < 1.29 is 0 Å². The third kappa shape index (κ3) is 6.67. The van der Waals surface area contributed by atoms with Gasteiger partial charge in [0.2, 0.25) is 0 Å². The van der Waals surface area contributed by atoms with Crippen molar-refractivity contribution in [3.63, 3.8) is 0 Å². The molecule has 0 bridgehead atoms. The van der Waals surface area contributed by atoms with E-state index in [-0.39, 0.29) is 0 Å². The van der Waals surface area contributed by atoms with Gasteiger partial charge in [-0.15, -0.1) is 0 Å². The smallest absolute Gasteiger partial charge is 0.157 e. The lowest BCUT2D eigenvalue weighted by Gasteiger charge is -2.14. The first-order chi connectivity index (χ1) is 8.47. The standard InChI is InChI=1S/C15H30N2S/c1-11(2)7-6-8-13(5)16-15-17-14(10-18-15)9-12(3)4/h11-14H,6-10H2,1-5H3,(H,16,17). The highest BCUT2D eigenvalue weighted by Gasteiger charge is 2.20. The van der Waals surface area contributed by atoms with Crippen LogP contribution in [-0.2, 0) is 0 Å². The number of hydrogen-bond donors (Lipinski definition) is 1. The summed E-state index contributed by atoms with van der Waals surface area (Å²) in [5.74, 6) is 2.74. The summed E-state index contributed by atoms with van der Waals surface area (Å²) in [6.45, 7) is 11.4. The molecule has 1 N–H and O–H groups in total. The van der Waals surface area contributed by atoms with Gasteiger partial charge in [-0.2, -0.15) is 0 Å². The Labute approximate surface area is 117 Å². The van der Waals surface area contributed by atoms with Gasteiger partial charge in [-0.3, -0.25) is 4.99 Å². The van der Waals surface area contributed by atoms with Crippen molar-refractivity contribution in [3.05, 3.63) is 0 Å². The molecule has 106 valence electrons. The summed E-state index contributed by atoms with van der Waals surface area (Å²) >= 11 is 1.90. The van der Waals surface area contributed by atoms with Crippen LogP contribution in [0, 0.1) is 11.8 Å². The van der Waals surface area contributed by atoms with Crippen LogP contribution in [0.1, 0.15) is 60.3 Å². The highest BCUT2D eigenvalue weighted by Crippen LogP contribution is 2.22. The van der Waals surface area contributed by atoms with Crippen LogP contribution in [0.2, 0.25) is 0 Å². The van der Waals surface area contributed by atoms with Gasteiger partial charge in [-0.05, 0) is 31.6 Å². The maximum absolute atomic E-state index is 4.78. The van der Waals surface area contributed by atoms with Gasteiger partial charge in [0.05, 0.1) is 6.04 Å². The lowest BCUT2D eigenvalue weighted by Crippen LogP contribution is -2.29. The third-order valence-electron chi connectivity index (χ3n) is 3.24. The van der Waals surface area contributed by atoms with E-state index >= 15 is 0 Å². The van der Waals surface area contributed by atoms with Crippen LogP contribution in [0.25, 0.3) is 0 Å². The molecule has 1 aliphatic heterocycles. The van der Waals surface area contributed by atoms with Crippen LogP contribution in [0.15, 0.2) is 4.99 Å². The van der Waals surface area contributed by atoms with Crippen LogP contribution in [0.4, 0.5) is 0 Å². The van der Waals surface area contributed by atoms with Crippen molar-refractivity contribution in [1.29, 1.82) is 0 Å². The number of nitrogens with zero attached hydrogens (tertiary/aromatic N) is 1. The van der Waals surface area contributed by atoms with E-state index < -0.39 is 0 Å². The molecular weight excluding hydrogens is 240 g/mol. The van der Waals surface area contributed by atoms with E-state index in [0.29, 0.717) is 12.1 Å². The predicted octanol–water partition coefficient (Wildman–Crippen LogP) is 4.31. The fourth-order valence-electron chi connectivity index (χ4n) is 2.27. The van der Waals surface area contributed by atoms with Crippen molar-refractivity contribution in [2.45, 2.75) is 72.4 Å². The van der Waals surface area contributed by atoms with Crippen molar-refractivity contribution in [2.75, 3.05) is 5.75 Å². The third-order valence-corrected chi connectivity index (χ3v) is 4.29. The highest BCUT2D eigenvalue weighted by molar-refractivity contribution is 8.14. The molecule has 0 aromatic heterocycles. The Bertz CT molecular complexity index is 261. The van der Waals surface area contributed by atoms with Gasteiger partial charge in [0.1, 0.15) is 0 Å². The average Bonchev–Trinajstić information content (AvgIpc) is 2.63. The van der Waals surface area contributed by atoms with Crippen molar-refractivity contribution in [3.8, 4) is 0 Å². The Morgan fingerprint density at radius 2 is 1.89 bits per heavy atom. The fraction of sp³-hybridized carbons (Fsp3) is 0.933. The van der Waals surface area contributed by atoms with Crippen LogP contribution < -0.4 is 5.32 Å². The largest absolute Gasteiger partial charge is 0.362 e. The zero-order chi connectivity index (χ0) is 13.5. The van der Waals surface area contributed by atoms with Crippen LogP contribution in [0.5, 0.6) is 0 Å². The van der Waals surface area contributed by atoms with Gasteiger partial charge in [0, 0.05) is 11.8 Å². The van der Waals surface area contributed by atoms with E-state index in [1.165, 1.54) is 36.6 Å². The zero-order valence-corrected chi connectivity index (χ0v) is 13.5. The van der Waals surface area contributed by atoms with Gasteiger partial charge in [-0.1, -0.05) is 52.3 Å². The summed E-state index contributed by atoms with van der Waals surface area (Å²) in [4.78, 5) is 4.78. The van der Waals surface area contributed by atoms with Gasteiger partial charge in [-0.25, -0.2) is 0 Å². The molecule has 1 aliphatic rings. The van der Waals surface area contributed by atoms with Crippen LogP contribution in [0.3, 0.4) is 0 Å². The van der Waals surface area contributed by atoms with Crippen LogP contribution >= 0.6 is 11.8 Å². The molecule has 1 heterocycles. The molecule has 18 heavy (non-hydrogen) atoms. The van der Waals surface area contributed by atoms with E-state index in [9.17, 15) is 0 Å². The summed E-state index contributed by atoms with van der Waals surface area (Å²) in [5.41, 5.74) is 0. The quantitative estimate of drug-likeness (QED) is 0.745. The van der Waals surface area contributed by atoms with E-state index in [1.807, 2.05) is 11.8 Å². The van der Waals surface area contributed by atoms with Crippen molar-refractivity contribution in [2.24, 2.45) is 16.8 Å². The summed E-state index contributed by atoms with van der Waals surface area (Å²) < 4.78 is 0. The first kappa shape index (κ1) is 15.9. The minimum atomic E-state index is 0.542. The molecular formula is C15H30N2S. The zero-order valence-electron chi connectivity index (χ0n) is 12.7. The molecule has 0 saturated carbocycles. The van der Waals surface area contributed by atoms with Gasteiger partial charge < -0.3 is 5.32 Å². The summed E-state index contributed by atoms with van der Waals surface area (Å²) in [7, 11) is 0. The normalized spacial score (nSPS) is 21.5. The Morgan fingerprint density at radius 3 is 2.50 bits per heavy atom. The maximum Gasteiger partial charge on any atom is 0.157 e. The molecule has 0 aliphatic carbocycles. The number of aliphatic imine (C=N–C) groups is 1. The summed E-state index contributed by atoms with van der Waals surface area (Å²) in [6, 6.07) is 1.10. The number of thioether (sulfide) groups is 1. The van der Waals surface area contributed by atoms with Crippen molar-refractivity contribution >= 4 is 16.9 Å². The molecule has 0 radical (unpaired) electrons. The predicted molar refractivity (Wildman–Crippen MR) is 84.4 cm³/mol. The lowest BCUT2D eigenvalue weighted by atomic mass is 10.0. The molecule has 2 atom stereocenters. The van der Waals surface area contributed by atoms with Crippen LogP contribution in [-0.4, -0.2) is 23.0 Å². The average molecular weight is 270 g/mol. The minimum Gasteiger partial charge on any atom is -0.362 e. The molecule has 0 aromatic rings. The molecule has 0 amide bonds. The van der Waals surface area contributed by atoms with E-state index in [2.05, 4.69) is 39.9 Å². The number of rotatable bonds is 7. The first-order valence-corrected chi connectivity index (χ1v) is 8.43. The van der Waals surface area contributed by atoms with E-state index in [4.69, 9.17) is 4.99 Å². The second-order valence-corrected chi connectivity index (χ2v) is 7.41. The maximum atomic E-state index is 4.78. The Kier molecular flexibility index (Phi) is 7.13. The second-order valence-electron chi connectivity index (χ2n) is 6.40. The Morgan fingerprint density at radius 1 is 1.17 bits per heavy atom. The first-order valence-electron chi connectivity index (χ1n) is 7.44. The number of hydrogen-bond acceptors (Lipinski definition) is 3. The Balaban J connectivity index is 2.21. The topological polar surface area (TPSA) is 24.4 Å². The van der Waals surface area contributed by atoms with E-state index in [0.717, 1.165) is 11.8 Å². The van der Waals surface area contributed by atoms with Crippen molar-refractivity contribution in [1.82, 2.24) is 5.32 Å². The molecule has 2 unspecified atom stereocenters. The minimum absolute atomic E-state index is 0.542. The SMILES string of the molecule is CC(C)CCCC(C)NC1=NC(CC(C)C)CS1. The van der Waals surface area contributed by atoms with Gasteiger partial charge in [0.15, 0.2) is 5.17 Å². The molecule has 1 rings (SSSR count). The second kappa shape index (κ2) is 8.08. The highest BCUT2D eigenvalue weighted by atomic mass is 32.2. The van der Waals surface area contributed by atoms with E-state index in [1.54, 1.807) is 0 Å². The van der Waals surface area contributed by atoms with Gasteiger partial charge >= 0.3 is 0 Å². The number of amidine groups is 1. The molecule has 3 heteroatoms. The summed E-state index contributed by atoms with van der Waals surface area (Å²) in [6.07, 6.45) is 5.13. The molecule has 0 aromatic carbocycles. The number of nitrogens with one attached hydrogen (secondary N) is 1. The lowest BCUT2D eigenvalue weighted by molar-refractivity contribution is 0.494. The molecule has 0 spiro atoms. The molecule has 2 nitrogen and oxygen atoms in total. The summed E-state index contributed by atoms with van der Waals surface area (Å²) in [5, 5.41) is 4.75. The molecule has 0 fully saturated rings. The Hall–Kier alpha value is -0.180. The van der Waals surface area contributed by atoms with Gasteiger partial charge in [0.25, 0.3) is 0 Å². The fourth-order valence-corrected chi connectivity index (χ4v) is 3.34. The molecule has 0 saturated heterocycles.